The molecule has 1 aromatic heterocycles. The van der Waals surface area contributed by atoms with Gasteiger partial charge in [-0.3, -0.25) is 9.59 Å². The van der Waals surface area contributed by atoms with Gasteiger partial charge in [0.25, 0.3) is 11.5 Å². The Kier molecular flexibility index (Phi) is 5.72. The summed E-state index contributed by atoms with van der Waals surface area (Å²) in [5.74, 6) is -0.158. The molecular weight excluding hydrogens is 374 g/mol. The predicted octanol–water partition coefficient (Wildman–Crippen LogP) is 3.65. The van der Waals surface area contributed by atoms with Crippen LogP contribution >= 0.6 is 11.6 Å². The first-order chi connectivity index (χ1) is 13.6. The number of carbonyl (C=O) groups is 1. The summed E-state index contributed by atoms with van der Waals surface area (Å²) in [6, 6.07) is 9.64. The fraction of sp³-hybridized carbons (Fsp3) is 0.455. The van der Waals surface area contributed by atoms with Crippen LogP contribution in [0.5, 0.6) is 0 Å². The highest BCUT2D eigenvalue weighted by Gasteiger charge is 2.24. The number of pyridine rings is 1. The minimum Gasteiger partial charge on any atom is -0.368 e. The molecule has 1 saturated heterocycles. The molecule has 148 valence electrons. The average molecular weight is 400 g/mol. The molecule has 2 aliphatic rings. The first kappa shape index (κ1) is 19.1. The van der Waals surface area contributed by atoms with E-state index in [1.165, 1.54) is 6.42 Å². The van der Waals surface area contributed by atoms with E-state index in [-0.39, 0.29) is 17.0 Å². The smallest absolute Gasteiger partial charge is 0.261 e. The van der Waals surface area contributed by atoms with Crippen LogP contribution in [0.25, 0.3) is 0 Å². The van der Waals surface area contributed by atoms with Gasteiger partial charge in [-0.2, -0.15) is 0 Å². The van der Waals surface area contributed by atoms with Crippen LogP contribution in [0.3, 0.4) is 0 Å². The molecule has 1 aliphatic carbocycles. The summed E-state index contributed by atoms with van der Waals surface area (Å²) in [5, 5.41) is 0.726. The van der Waals surface area contributed by atoms with Gasteiger partial charge in [0.15, 0.2) is 0 Å². The quantitative estimate of drug-likeness (QED) is 0.784. The molecule has 0 saturated carbocycles. The standard InChI is InChI=1S/C22H26ClN3O2/c23-18-8-4-5-10-20(18)25-11-6-12-26(14-13-25)22(28)17-15-16-7-2-1-3-9-19(16)24-21(17)27/h4-5,8,10,15H,1-3,6-7,9,11-14H2,(H,24,27). The maximum absolute atomic E-state index is 13.1. The van der Waals surface area contributed by atoms with Crippen molar-refractivity contribution in [3.05, 3.63) is 62.5 Å². The van der Waals surface area contributed by atoms with Crippen molar-refractivity contribution < 1.29 is 4.79 Å². The Balaban J connectivity index is 1.52. The van der Waals surface area contributed by atoms with Gasteiger partial charge in [0, 0.05) is 31.9 Å². The van der Waals surface area contributed by atoms with Gasteiger partial charge >= 0.3 is 0 Å². The Hall–Kier alpha value is -2.27. The van der Waals surface area contributed by atoms with E-state index in [1.54, 1.807) is 0 Å². The van der Waals surface area contributed by atoms with Gasteiger partial charge in [-0.25, -0.2) is 0 Å². The molecule has 28 heavy (non-hydrogen) atoms. The van der Waals surface area contributed by atoms with Crippen LogP contribution in [0.2, 0.25) is 5.02 Å². The molecule has 1 N–H and O–H groups in total. The van der Waals surface area contributed by atoms with Gasteiger partial charge in [0.1, 0.15) is 5.56 Å². The number of fused-ring (bicyclic) bond motifs is 1. The summed E-state index contributed by atoms with van der Waals surface area (Å²) in [7, 11) is 0. The number of anilines is 1. The van der Waals surface area contributed by atoms with Crippen LogP contribution in [0.4, 0.5) is 5.69 Å². The topological polar surface area (TPSA) is 56.4 Å². The zero-order valence-corrected chi connectivity index (χ0v) is 16.8. The number of amides is 1. The van der Waals surface area contributed by atoms with E-state index in [0.29, 0.717) is 19.6 Å². The third-order valence-electron chi connectivity index (χ3n) is 5.79. The van der Waals surface area contributed by atoms with E-state index in [9.17, 15) is 9.59 Å². The number of aromatic nitrogens is 1. The summed E-state index contributed by atoms with van der Waals surface area (Å²) in [4.78, 5) is 32.7. The van der Waals surface area contributed by atoms with E-state index < -0.39 is 0 Å². The van der Waals surface area contributed by atoms with Gasteiger partial charge in [-0.1, -0.05) is 30.2 Å². The second-order valence-corrected chi connectivity index (χ2v) is 8.07. The monoisotopic (exact) mass is 399 g/mol. The van der Waals surface area contributed by atoms with E-state index >= 15 is 0 Å². The number of carbonyl (C=O) groups excluding carboxylic acids is 1. The van der Waals surface area contributed by atoms with E-state index in [0.717, 1.165) is 60.6 Å². The number of halogens is 1. The first-order valence-electron chi connectivity index (χ1n) is 10.2. The highest BCUT2D eigenvalue weighted by molar-refractivity contribution is 6.33. The number of para-hydroxylation sites is 1. The lowest BCUT2D eigenvalue weighted by Gasteiger charge is -2.24. The van der Waals surface area contributed by atoms with Crippen LogP contribution in [-0.2, 0) is 12.8 Å². The van der Waals surface area contributed by atoms with Crippen molar-refractivity contribution in [3.63, 3.8) is 0 Å². The van der Waals surface area contributed by atoms with E-state index in [4.69, 9.17) is 11.6 Å². The Bertz CT molecular complexity index is 924. The number of rotatable bonds is 2. The number of hydrogen-bond acceptors (Lipinski definition) is 3. The van der Waals surface area contributed by atoms with Gasteiger partial charge in [-0.05, 0) is 55.9 Å². The van der Waals surface area contributed by atoms with Gasteiger partial charge in [0.2, 0.25) is 0 Å². The fourth-order valence-electron chi connectivity index (χ4n) is 4.25. The predicted molar refractivity (Wildman–Crippen MR) is 113 cm³/mol. The van der Waals surface area contributed by atoms with Crippen LogP contribution in [0, 0.1) is 0 Å². The van der Waals surface area contributed by atoms with Crippen molar-refractivity contribution in [3.8, 4) is 0 Å². The average Bonchev–Trinajstić information content (AvgIpc) is 3.07. The Labute approximate surface area is 170 Å². The minimum atomic E-state index is -0.252. The molecule has 0 bridgehead atoms. The summed E-state index contributed by atoms with van der Waals surface area (Å²) in [6.07, 6.45) is 6.06. The molecular formula is C22H26ClN3O2. The molecule has 5 nitrogen and oxygen atoms in total. The van der Waals surface area contributed by atoms with Crippen LogP contribution in [-0.4, -0.2) is 42.0 Å². The number of H-pyrrole nitrogens is 1. The van der Waals surface area contributed by atoms with Crippen molar-refractivity contribution in [1.29, 1.82) is 0 Å². The molecule has 1 aliphatic heterocycles. The van der Waals surface area contributed by atoms with E-state index in [2.05, 4.69) is 9.88 Å². The number of hydrogen-bond donors (Lipinski definition) is 1. The Morgan fingerprint density at radius 3 is 2.64 bits per heavy atom. The highest BCUT2D eigenvalue weighted by Crippen LogP contribution is 2.26. The zero-order valence-electron chi connectivity index (χ0n) is 16.0. The van der Waals surface area contributed by atoms with Crippen molar-refractivity contribution >= 4 is 23.2 Å². The maximum Gasteiger partial charge on any atom is 0.261 e. The number of aryl methyl sites for hydroxylation is 2. The molecule has 1 aromatic carbocycles. The number of nitrogens with one attached hydrogen (secondary N) is 1. The van der Waals surface area contributed by atoms with Crippen LogP contribution in [0.15, 0.2) is 35.1 Å². The van der Waals surface area contributed by atoms with Crippen LogP contribution < -0.4 is 10.5 Å². The first-order valence-corrected chi connectivity index (χ1v) is 10.5. The minimum absolute atomic E-state index is 0.158. The fourth-order valence-corrected chi connectivity index (χ4v) is 4.51. The molecule has 0 spiro atoms. The lowest BCUT2D eigenvalue weighted by atomic mass is 10.1. The second kappa shape index (κ2) is 8.39. The lowest BCUT2D eigenvalue weighted by Crippen LogP contribution is -2.38. The Morgan fingerprint density at radius 1 is 0.964 bits per heavy atom. The summed E-state index contributed by atoms with van der Waals surface area (Å²) in [6.45, 7) is 2.78. The molecule has 4 rings (SSSR count). The molecule has 2 heterocycles. The van der Waals surface area contributed by atoms with Crippen molar-refractivity contribution in [2.75, 3.05) is 31.1 Å². The van der Waals surface area contributed by atoms with Crippen molar-refractivity contribution in [2.24, 2.45) is 0 Å². The SMILES string of the molecule is O=C(c1cc2c([nH]c1=O)CCCCC2)N1CCCN(c2ccccc2Cl)CC1. The highest BCUT2D eigenvalue weighted by atomic mass is 35.5. The third kappa shape index (κ3) is 3.95. The summed E-state index contributed by atoms with van der Waals surface area (Å²) < 4.78 is 0. The van der Waals surface area contributed by atoms with Gasteiger partial charge in [0.05, 0.1) is 10.7 Å². The largest absolute Gasteiger partial charge is 0.368 e. The second-order valence-electron chi connectivity index (χ2n) is 7.66. The van der Waals surface area contributed by atoms with Crippen LogP contribution in [0.1, 0.15) is 47.3 Å². The molecule has 0 radical (unpaired) electrons. The normalized spacial score (nSPS) is 17.6. The maximum atomic E-state index is 13.1. The summed E-state index contributed by atoms with van der Waals surface area (Å²) in [5.41, 5.74) is 3.18. The molecule has 6 heteroatoms. The van der Waals surface area contributed by atoms with Crippen molar-refractivity contribution in [1.82, 2.24) is 9.88 Å². The van der Waals surface area contributed by atoms with E-state index in [1.807, 2.05) is 35.2 Å². The number of nitrogens with zero attached hydrogens (tertiary/aromatic N) is 2. The lowest BCUT2D eigenvalue weighted by molar-refractivity contribution is 0.0765. The molecule has 0 atom stereocenters. The Morgan fingerprint density at radius 2 is 1.79 bits per heavy atom. The molecule has 0 unspecified atom stereocenters. The van der Waals surface area contributed by atoms with Gasteiger partial charge in [-0.15, -0.1) is 0 Å². The molecule has 2 aromatic rings. The third-order valence-corrected chi connectivity index (χ3v) is 6.11. The molecule has 1 fully saturated rings. The van der Waals surface area contributed by atoms with Crippen molar-refractivity contribution in [2.45, 2.75) is 38.5 Å². The molecule has 1 amide bonds. The summed E-state index contributed by atoms with van der Waals surface area (Å²) >= 11 is 6.34. The number of aromatic amines is 1. The number of benzene rings is 1. The van der Waals surface area contributed by atoms with Gasteiger partial charge < -0.3 is 14.8 Å². The zero-order chi connectivity index (χ0) is 19.5.